The van der Waals surface area contributed by atoms with E-state index in [2.05, 4.69) is 12.2 Å². The van der Waals surface area contributed by atoms with Gasteiger partial charge in [-0.25, -0.2) is 0 Å². The average Bonchev–Trinajstić information content (AvgIpc) is 2.88. The predicted molar refractivity (Wildman–Crippen MR) is 85.4 cm³/mol. The van der Waals surface area contributed by atoms with Crippen molar-refractivity contribution in [3.63, 3.8) is 0 Å². The Bertz CT molecular complexity index is 598. The van der Waals surface area contributed by atoms with Crippen molar-refractivity contribution in [1.29, 1.82) is 0 Å². The molecule has 0 radical (unpaired) electrons. The number of nitrogens with one attached hydrogen (secondary N) is 1. The van der Waals surface area contributed by atoms with E-state index >= 15 is 0 Å². The maximum Gasteiger partial charge on any atom is 0.287 e. The van der Waals surface area contributed by atoms with Gasteiger partial charge in [-0.1, -0.05) is 25.0 Å². The Labute approximate surface area is 125 Å². The van der Waals surface area contributed by atoms with Crippen molar-refractivity contribution in [2.24, 2.45) is 11.7 Å². The minimum absolute atomic E-state index is 0.151. The van der Waals surface area contributed by atoms with Crippen LogP contribution >= 0.6 is 0 Å². The number of rotatable bonds is 7. The van der Waals surface area contributed by atoms with Crippen LogP contribution in [-0.2, 0) is 0 Å². The molecule has 1 aromatic heterocycles. The first kappa shape index (κ1) is 15.6. The van der Waals surface area contributed by atoms with Gasteiger partial charge in [0, 0.05) is 11.9 Å². The maximum absolute atomic E-state index is 12.2. The van der Waals surface area contributed by atoms with Gasteiger partial charge >= 0.3 is 0 Å². The molecule has 0 saturated carbocycles. The second-order valence-electron chi connectivity index (χ2n) is 5.59. The quantitative estimate of drug-likeness (QED) is 0.822. The number of benzene rings is 1. The SMILES string of the molecule is CCCC(CCN)CNC(=O)c1cc2cc(C)ccc2o1. The summed E-state index contributed by atoms with van der Waals surface area (Å²) < 4.78 is 5.60. The third-order valence-electron chi connectivity index (χ3n) is 3.72. The monoisotopic (exact) mass is 288 g/mol. The van der Waals surface area contributed by atoms with E-state index in [1.807, 2.05) is 25.1 Å². The molecule has 4 nitrogen and oxygen atoms in total. The van der Waals surface area contributed by atoms with E-state index in [0.717, 1.165) is 35.8 Å². The number of hydrogen-bond donors (Lipinski definition) is 2. The van der Waals surface area contributed by atoms with Crippen LogP contribution in [0.1, 0.15) is 42.3 Å². The third kappa shape index (κ3) is 4.08. The van der Waals surface area contributed by atoms with Crippen molar-refractivity contribution < 1.29 is 9.21 Å². The largest absolute Gasteiger partial charge is 0.451 e. The number of hydrogen-bond acceptors (Lipinski definition) is 3. The Hall–Kier alpha value is -1.81. The number of carbonyl (C=O) groups excluding carboxylic acids is 1. The highest BCUT2D eigenvalue weighted by Gasteiger charge is 2.14. The lowest BCUT2D eigenvalue weighted by atomic mass is 10.00. The van der Waals surface area contributed by atoms with E-state index in [1.165, 1.54) is 0 Å². The molecule has 0 aliphatic carbocycles. The van der Waals surface area contributed by atoms with Gasteiger partial charge in [-0.05, 0) is 50.4 Å². The molecule has 1 aromatic carbocycles. The average molecular weight is 288 g/mol. The van der Waals surface area contributed by atoms with Gasteiger partial charge in [-0.15, -0.1) is 0 Å². The van der Waals surface area contributed by atoms with Gasteiger partial charge in [-0.3, -0.25) is 4.79 Å². The molecule has 114 valence electrons. The van der Waals surface area contributed by atoms with Crippen LogP contribution in [0.4, 0.5) is 0 Å². The summed E-state index contributed by atoms with van der Waals surface area (Å²) in [5.74, 6) is 0.663. The zero-order valence-corrected chi connectivity index (χ0v) is 12.8. The lowest BCUT2D eigenvalue weighted by molar-refractivity contribution is 0.0920. The topological polar surface area (TPSA) is 68.3 Å². The Morgan fingerprint density at radius 1 is 1.33 bits per heavy atom. The number of nitrogens with two attached hydrogens (primary N) is 1. The van der Waals surface area contributed by atoms with Crippen molar-refractivity contribution in [1.82, 2.24) is 5.32 Å². The van der Waals surface area contributed by atoms with E-state index < -0.39 is 0 Å². The summed E-state index contributed by atoms with van der Waals surface area (Å²) in [5, 5.41) is 3.92. The summed E-state index contributed by atoms with van der Waals surface area (Å²) in [4.78, 5) is 12.2. The minimum atomic E-state index is -0.151. The van der Waals surface area contributed by atoms with Crippen molar-refractivity contribution in [3.8, 4) is 0 Å². The fourth-order valence-electron chi connectivity index (χ4n) is 2.59. The molecule has 3 N–H and O–H groups in total. The molecule has 4 heteroatoms. The molecule has 2 rings (SSSR count). The highest BCUT2D eigenvalue weighted by Crippen LogP contribution is 2.20. The number of aryl methyl sites for hydroxylation is 1. The Morgan fingerprint density at radius 3 is 2.86 bits per heavy atom. The van der Waals surface area contributed by atoms with E-state index in [-0.39, 0.29) is 5.91 Å². The molecule has 0 aliphatic rings. The van der Waals surface area contributed by atoms with Crippen molar-refractivity contribution in [3.05, 3.63) is 35.6 Å². The van der Waals surface area contributed by atoms with E-state index in [9.17, 15) is 4.79 Å². The molecule has 1 heterocycles. The summed E-state index contributed by atoms with van der Waals surface area (Å²) in [6.45, 7) is 5.48. The first-order valence-corrected chi connectivity index (χ1v) is 7.62. The molecular formula is C17H24N2O2. The summed E-state index contributed by atoms with van der Waals surface area (Å²) in [6.07, 6.45) is 3.12. The molecule has 0 aliphatic heterocycles. The lowest BCUT2D eigenvalue weighted by Crippen LogP contribution is -2.30. The molecule has 0 saturated heterocycles. The lowest BCUT2D eigenvalue weighted by Gasteiger charge is -2.15. The predicted octanol–water partition coefficient (Wildman–Crippen LogP) is 3.24. The van der Waals surface area contributed by atoms with Crippen molar-refractivity contribution >= 4 is 16.9 Å². The first-order chi connectivity index (χ1) is 10.1. The van der Waals surface area contributed by atoms with Gasteiger partial charge in [0.15, 0.2) is 5.76 Å². The van der Waals surface area contributed by atoms with Gasteiger partial charge in [0.1, 0.15) is 5.58 Å². The van der Waals surface area contributed by atoms with E-state index in [1.54, 1.807) is 6.07 Å². The van der Waals surface area contributed by atoms with Crippen LogP contribution in [-0.4, -0.2) is 19.0 Å². The maximum atomic E-state index is 12.2. The van der Waals surface area contributed by atoms with Gasteiger partial charge in [0.05, 0.1) is 0 Å². The fourth-order valence-corrected chi connectivity index (χ4v) is 2.59. The summed E-state index contributed by atoms with van der Waals surface area (Å²) >= 11 is 0. The molecule has 21 heavy (non-hydrogen) atoms. The highest BCUT2D eigenvalue weighted by atomic mass is 16.3. The van der Waals surface area contributed by atoms with Crippen molar-refractivity contribution in [2.45, 2.75) is 33.1 Å². The van der Waals surface area contributed by atoms with Crippen LogP contribution in [0.3, 0.4) is 0 Å². The van der Waals surface area contributed by atoms with Crippen LogP contribution < -0.4 is 11.1 Å². The number of fused-ring (bicyclic) bond motifs is 1. The third-order valence-corrected chi connectivity index (χ3v) is 3.72. The first-order valence-electron chi connectivity index (χ1n) is 7.62. The Kier molecular flexibility index (Phi) is 5.39. The minimum Gasteiger partial charge on any atom is -0.451 e. The standard InChI is InChI=1S/C17H24N2O2/c1-3-4-13(7-8-18)11-19-17(20)16-10-14-9-12(2)5-6-15(14)21-16/h5-6,9-10,13H,3-4,7-8,11,18H2,1-2H3,(H,19,20). The summed E-state index contributed by atoms with van der Waals surface area (Å²) in [7, 11) is 0. The Morgan fingerprint density at radius 2 is 2.14 bits per heavy atom. The summed E-state index contributed by atoms with van der Waals surface area (Å²) in [6, 6.07) is 7.70. The van der Waals surface area contributed by atoms with E-state index in [0.29, 0.717) is 24.8 Å². The number of amides is 1. The van der Waals surface area contributed by atoms with Crippen LogP contribution in [0, 0.1) is 12.8 Å². The zero-order chi connectivity index (χ0) is 15.2. The molecule has 1 amide bonds. The normalized spacial score (nSPS) is 12.5. The number of carbonyl (C=O) groups is 1. The fraction of sp³-hybridized carbons (Fsp3) is 0.471. The molecule has 2 aromatic rings. The van der Waals surface area contributed by atoms with Crippen LogP contribution in [0.2, 0.25) is 0 Å². The smallest absolute Gasteiger partial charge is 0.287 e. The van der Waals surface area contributed by atoms with Crippen molar-refractivity contribution in [2.75, 3.05) is 13.1 Å². The molecule has 1 unspecified atom stereocenters. The Balaban J connectivity index is 2.01. The van der Waals surface area contributed by atoms with Crippen LogP contribution in [0.25, 0.3) is 11.0 Å². The van der Waals surface area contributed by atoms with Gasteiger partial charge in [0.2, 0.25) is 0 Å². The van der Waals surface area contributed by atoms with Gasteiger partial charge < -0.3 is 15.5 Å². The van der Waals surface area contributed by atoms with Gasteiger partial charge in [-0.2, -0.15) is 0 Å². The second kappa shape index (κ2) is 7.27. The molecule has 0 bridgehead atoms. The van der Waals surface area contributed by atoms with Crippen LogP contribution in [0.15, 0.2) is 28.7 Å². The van der Waals surface area contributed by atoms with Crippen LogP contribution in [0.5, 0.6) is 0 Å². The van der Waals surface area contributed by atoms with Gasteiger partial charge in [0.25, 0.3) is 5.91 Å². The summed E-state index contributed by atoms with van der Waals surface area (Å²) in [5.41, 5.74) is 7.51. The zero-order valence-electron chi connectivity index (χ0n) is 12.8. The molecular weight excluding hydrogens is 264 g/mol. The second-order valence-corrected chi connectivity index (χ2v) is 5.59. The van der Waals surface area contributed by atoms with E-state index in [4.69, 9.17) is 10.2 Å². The highest BCUT2D eigenvalue weighted by molar-refractivity contribution is 5.96. The molecule has 1 atom stereocenters. The molecule has 0 fully saturated rings. The molecule has 0 spiro atoms. The number of furan rings is 1.